The number of ether oxygens (including phenoxy) is 3. The fraction of sp³-hybridized carbons (Fsp3) is 0.217. The highest BCUT2D eigenvalue weighted by molar-refractivity contribution is 6.02. The van der Waals surface area contributed by atoms with Crippen molar-refractivity contribution in [1.82, 2.24) is 0 Å². The van der Waals surface area contributed by atoms with E-state index in [1.54, 1.807) is 24.3 Å². The van der Waals surface area contributed by atoms with Crippen molar-refractivity contribution in [2.45, 2.75) is 13.3 Å². The molecule has 0 saturated carbocycles. The van der Waals surface area contributed by atoms with E-state index in [4.69, 9.17) is 14.2 Å². The largest absolute Gasteiger partial charge is 0.494 e. The second-order valence-corrected chi connectivity index (χ2v) is 6.24. The van der Waals surface area contributed by atoms with Gasteiger partial charge in [-0.2, -0.15) is 0 Å². The maximum Gasteiger partial charge on any atom is 0.309 e. The van der Waals surface area contributed by atoms with E-state index in [1.165, 1.54) is 0 Å². The van der Waals surface area contributed by atoms with Gasteiger partial charge < -0.3 is 19.5 Å². The first-order valence-corrected chi connectivity index (χ1v) is 9.44. The van der Waals surface area contributed by atoms with Gasteiger partial charge in [-0.1, -0.05) is 36.4 Å². The number of rotatable bonds is 9. The third-order valence-electron chi connectivity index (χ3n) is 4.14. The third kappa shape index (κ3) is 5.97. The van der Waals surface area contributed by atoms with Crippen LogP contribution in [0.1, 0.15) is 13.3 Å². The topological polar surface area (TPSA) is 73.9 Å². The van der Waals surface area contributed by atoms with Gasteiger partial charge in [-0.05, 0) is 42.6 Å². The Hall–Kier alpha value is -3.54. The second kappa shape index (κ2) is 10.1. The van der Waals surface area contributed by atoms with Gasteiger partial charge in [0.1, 0.15) is 11.5 Å². The molecule has 150 valence electrons. The molecule has 3 rings (SSSR count). The van der Waals surface area contributed by atoms with Crippen LogP contribution in [0, 0.1) is 0 Å². The van der Waals surface area contributed by atoms with Crippen LogP contribution in [-0.2, 0) is 14.3 Å². The lowest BCUT2D eigenvalue weighted by atomic mass is 10.1. The van der Waals surface area contributed by atoms with Crippen LogP contribution in [0.25, 0.3) is 10.8 Å². The van der Waals surface area contributed by atoms with Crippen molar-refractivity contribution in [2.75, 3.05) is 25.1 Å². The predicted molar refractivity (Wildman–Crippen MR) is 111 cm³/mol. The molecular formula is C23H23NO5. The Balaban J connectivity index is 1.40. The highest BCUT2D eigenvalue weighted by Crippen LogP contribution is 2.22. The van der Waals surface area contributed by atoms with Gasteiger partial charge in [-0.15, -0.1) is 0 Å². The summed E-state index contributed by atoms with van der Waals surface area (Å²) in [6, 6.07) is 20.5. The quantitative estimate of drug-likeness (QED) is 0.552. The number of benzene rings is 3. The molecule has 0 heterocycles. The van der Waals surface area contributed by atoms with Crippen LogP contribution < -0.4 is 14.8 Å². The molecular weight excluding hydrogens is 370 g/mol. The monoisotopic (exact) mass is 393 g/mol. The van der Waals surface area contributed by atoms with Crippen molar-refractivity contribution in [2.24, 2.45) is 0 Å². The zero-order valence-electron chi connectivity index (χ0n) is 16.2. The van der Waals surface area contributed by atoms with E-state index in [1.807, 2.05) is 49.4 Å². The number of carbonyl (C=O) groups excluding carboxylic acids is 2. The van der Waals surface area contributed by atoms with Gasteiger partial charge in [-0.3, -0.25) is 9.59 Å². The molecule has 0 aliphatic carbocycles. The second-order valence-electron chi connectivity index (χ2n) is 6.24. The van der Waals surface area contributed by atoms with Gasteiger partial charge in [0, 0.05) is 11.1 Å². The van der Waals surface area contributed by atoms with Crippen molar-refractivity contribution >= 4 is 28.3 Å². The Morgan fingerprint density at radius 2 is 1.55 bits per heavy atom. The molecule has 0 spiro atoms. The lowest BCUT2D eigenvalue weighted by molar-refractivity contribution is -0.147. The molecule has 0 unspecified atom stereocenters. The SMILES string of the molecule is CCOc1ccc(OCCC(=O)OCC(=O)Nc2cccc3ccccc23)cc1. The zero-order chi connectivity index (χ0) is 20.5. The maximum absolute atomic E-state index is 12.1. The summed E-state index contributed by atoms with van der Waals surface area (Å²) in [6.07, 6.45) is 0.0504. The highest BCUT2D eigenvalue weighted by atomic mass is 16.5. The molecule has 0 fully saturated rings. The fourth-order valence-electron chi connectivity index (χ4n) is 2.79. The minimum Gasteiger partial charge on any atom is -0.494 e. The summed E-state index contributed by atoms with van der Waals surface area (Å²) in [5.74, 6) is 0.512. The molecule has 3 aromatic carbocycles. The Labute approximate surface area is 169 Å². The molecule has 1 amide bonds. The van der Waals surface area contributed by atoms with Crippen LogP contribution in [0.15, 0.2) is 66.7 Å². The summed E-state index contributed by atoms with van der Waals surface area (Å²) in [5.41, 5.74) is 0.683. The van der Waals surface area contributed by atoms with Crippen molar-refractivity contribution in [3.05, 3.63) is 66.7 Å². The number of amides is 1. The van der Waals surface area contributed by atoms with Crippen LogP contribution in [0.2, 0.25) is 0 Å². The molecule has 1 N–H and O–H groups in total. The Bertz CT molecular complexity index is 963. The molecule has 3 aromatic rings. The minimum absolute atomic E-state index is 0.0504. The summed E-state index contributed by atoms with van der Waals surface area (Å²) in [4.78, 5) is 23.9. The Morgan fingerprint density at radius 1 is 0.862 bits per heavy atom. The van der Waals surface area contributed by atoms with Gasteiger partial charge >= 0.3 is 5.97 Å². The summed E-state index contributed by atoms with van der Waals surface area (Å²) >= 11 is 0. The number of carbonyl (C=O) groups is 2. The van der Waals surface area contributed by atoms with Crippen molar-refractivity contribution in [3.8, 4) is 11.5 Å². The number of fused-ring (bicyclic) bond motifs is 1. The van der Waals surface area contributed by atoms with Crippen LogP contribution in [0.4, 0.5) is 5.69 Å². The number of hydrogen-bond donors (Lipinski definition) is 1. The summed E-state index contributed by atoms with van der Waals surface area (Å²) < 4.78 is 15.9. The molecule has 0 atom stereocenters. The molecule has 6 nitrogen and oxygen atoms in total. The molecule has 0 radical (unpaired) electrons. The van der Waals surface area contributed by atoms with Gasteiger partial charge in [0.2, 0.25) is 0 Å². The van der Waals surface area contributed by atoms with Crippen LogP contribution in [0.5, 0.6) is 11.5 Å². The summed E-state index contributed by atoms with van der Waals surface area (Å²) in [6.45, 7) is 2.33. The van der Waals surface area contributed by atoms with Gasteiger partial charge in [-0.25, -0.2) is 0 Å². The fourth-order valence-corrected chi connectivity index (χ4v) is 2.79. The van der Waals surface area contributed by atoms with Crippen molar-refractivity contribution in [1.29, 1.82) is 0 Å². The molecule has 29 heavy (non-hydrogen) atoms. The van der Waals surface area contributed by atoms with Crippen LogP contribution in [-0.4, -0.2) is 31.7 Å². The number of hydrogen-bond acceptors (Lipinski definition) is 5. The standard InChI is InChI=1S/C23H23NO5/c1-2-27-18-10-12-19(13-11-18)28-15-14-23(26)29-16-22(25)24-21-9-5-7-17-6-3-4-8-20(17)21/h3-13H,2,14-16H2,1H3,(H,24,25). The van der Waals surface area contributed by atoms with Crippen LogP contribution in [0.3, 0.4) is 0 Å². The van der Waals surface area contributed by atoms with E-state index >= 15 is 0 Å². The van der Waals surface area contributed by atoms with E-state index in [2.05, 4.69) is 5.32 Å². The van der Waals surface area contributed by atoms with Gasteiger partial charge in [0.15, 0.2) is 6.61 Å². The first-order valence-electron chi connectivity index (χ1n) is 9.44. The lowest BCUT2D eigenvalue weighted by Gasteiger charge is -2.10. The number of esters is 1. The Kier molecular flexibility index (Phi) is 7.05. The van der Waals surface area contributed by atoms with Gasteiger partial charge in [0.25, 0.3) is 5.91 Å². The van der Waals surface area contributed by atoms with E-state index in [-0.39, 0.29) is 25.5 Å². The first-order chi connectivity index (χ1) is 14.2. The number of nitrogens with one attached hydrogen (secondary N) is 1. The average Bonchev–Trinajstić information content (AvgIpc) is 2.74. The average molecular weight is 393 g/mol. The van der Waals surface area contributed by atoms with Crippen LogP contribution >= 0.6 is 0 Å². The minimum atomic E-state index is -0.496. The van der Waals surface area contributed by atoms with Crippen molar-refractivity contribution in [3.63, 3.8) is 0 Å². The smallest absolute Gasteiger partial charge is 0.309 e. The molecule has 0 saturated heterocycles. The first kappa shape index (κ1) is 20.2. The number of anilines is 1. The Morgan fingerprint density at radius 3 is 2.31 bits per heavy atom. The van der Waals surface area contributed by atoms with Gasteiger partial charge in [0.05, 0.1) is 19.6 Å². The summed E-state index contributed by atoms with van der Waals surface area (Å²) in [7, 11) is 0. The van der Waals surface area contributed by atoms with E-state index < -0.39 is 5.97 Å². The maximum atomic E-state index is 12.1. The molecule has 6 heteroatoms. The third-order valence-corrected chi connectivity index (χ3v) is 4.14. The summed E-state index contributed by atoms with van der Waals surface area (Å²) in [5, 5.41) is 4.73. The zero-order valence-corrected chi connectivity index (χ0v) is 16.2. The molecule has 0 bridgehead atoms. The molecule has 0 aliphatic heterocycles. The van der Waals surface area contributed by atoms with E-state index in [0.717, 1.165) is 16.5 Å². The molecule has 0 aromatic heterocycles. The predicted octanol–water partition coefficient (Wildman–Crippen LogP) is 4.19. The van der Waals surface area contributed by atoms with E-state index in [9.17, 15) is 9.59 Å². The lowest BCUT2D eigenvalue weighted by Crippen LogP contribution is -2.21. The van der Waals surface area contributed by atoms with Crippen molar-refractivity contribution < 1.29 is 23.8 Å². The normalized spacial score (nSPS) is 10.4. The van der Waals surface area contributed by atoms with E-state index in [0.29, 0.717) is 18.0 Å². The molecule has 0 aliphatic rings. The highest BCUT2D eigenvalue weighted by Gasteiger charge is 2.10.